The van der Waals surface area contributed by atoms with Crippen molar-refractivity contribution in [3.63, 3.8) is 0 Å². The zero-order chi connectivity index (χ0) is 11.3. The summed E-state index contributed by atoms with van der Waals surface area (Å²) < 4.78 is 0. The second-order valence-electron chi connectivity index (χ2n) is 5.52. The van der Waals surface area contributed by atoms with Crippen molar-refractivity contribution < 1.29 is 0 Å². The summed E-state index contributed by atoms with van der Waals surface area (Å²) in [5.41, 5.74) is 5.92. The Morgan fingerprint density at radius 1 is 1.27 bits per heavy atom. The molecule has 2 heteroatoms. The lowest BCUT2D eigenvalue weighted by atomic mass is 9.86. The van der Waals surface area contributed by atoms with E-state index < -0.39 is 0 Å². The van der Waals surface area contributed by atoms with Crippen LogP contribution < -0.4 is 5.73 Å². The summed E-state index contributed by atoms with van der Waals surface area (Å²) >= 11 is 0. The fourth-order valence-electron chi connectivity index (χ4n) is 2.55. The molecular formula is C13H28N2. The van der Waals surface area contributed by atoms with E-state index >= 15 is 0 Å². The predicted octanol–water partition coefficient (Wildman–Crippen LogP) is 2.48. The van der Waals surface area contributed by atoms with Gasteiger partial charge in [0.05, 0.1) is 0 Å². The molecule has 2 nitrogen and oxygen atoms in total. The van der Waals surface area contributed by atoms with E-state index in [0.29, 0.717) is 6.04 Å². The van der Waals surface area contributed by atoms with Crippen LogP contribution in [-0.2, 0) is 0 Å². The van der Waals surface area contributed by atoms with Crippen LogP contribution >= 0.6 is 0 Å². The molecule has 1 rings (SSSR count). The first kappa shape index (κ1) is 13.0. The minimum absolute atomic E-state index is 0.487. The van der Waals surface area contributed by atoms with E-state index in [1.807, 2.05) is 0 Å². The Morgan fingerprint density at radius 3 is 2.40 bits per heavy atom. The van der Waals surface area contributed by atoms with E-state index in [9.17, 15) is 0 Å². The average molecular weight is 212 g/mol. The molecule has 0 aromatic heterocycles. The molecule has 0 saturated heterocycles. The molecule has 1 fully saturated rings. The maximum absolute atomic E-state index is 5.92. The minimum Gasteiger partial charge on any atom is -0.328 e. The maximum atomic E-state index is 5.92. The van der Waals surface area contributed by atoms with Crippen LogP contribution in [0.4, 0.5) is 0 Å². The Balaban J connectivity index is 2.17. The third-order valence-corrected chi connectivity index (χ3v) is 3.78. The highest BCUT2D eigenvalue weighted by Crippen LogP contribution is 2.23. The number of nitrogens with two attached hydrogens (primary N) is 1. The van der Waals surface area contributed by atoms with Crippen molar-refractivity contribution in [1.82, 2.24) is 4.90 Å². The minimum atomic E-state index is 0.487. The molecular weight excluding hydrogens is 184 g/mol. The first-order valence-corrected chi connectivity index (χ1v) is 6.56. The van der Waals surface area contributed by atoms with Crippen LogP contribution in [0, 0.1) is 11.8 Å². The Morgan fingerprint density at radius 2 is 1.87 bits per heavy atom. The van der Waals surface area contributed by atoms with Gasteiger partial charge in [0.2, 0.25) is 0 Å². The molecule has 0 amide bonds. The average Bonchev–Trinajstić information content (AvgIpc) is 2.21. The Kier molecular flexibility index (Phi) is 5.62. The van der Waals surface area contributed by atoms with Crippen LogP contribution in [0.3, 0.4) is 0 Å². The Bertz CT molecular complexity index is 162. The molecule has 1 unspecified atom stereocenters. The van der Waals surface area contributed by atoms with Gasteiger partial charge in [0, 0.05) is 19.1 Å². The van der Waals surface area contributed by atoms with E-state index in [0.717, 1.165) is 11.8 Å². The molecule has 1 aliphatic carbocycles. The van der Waals surface area contributed by atoms with Crippen molar-refractivity contribution in [2.75, 3.05) is 20.1 Å². The lowest BCUT2D eigenvalue weighted by molar-refractivity contribution is 0.204. The third kappa shape index (κ3) is 4.98. The van der Waals surface area contributed by atoms with Gasteiger partial charge >= 0.3 is 0 Å². The maximum Gasteiger partial charge on any atom is 0.00390 e. The van der Waals surface area contributed by atoms with E-state index in [4.69, 9.17) is 5.73 Å². The Labute approximate surface area is 95.2 Å². The molecule has 1 saturated carbocycles. The van der Waals surface area contributed by atoms with Crippen molar-refractivity contribution in [1.29, 1.82) is 0 Å². The zero-order valence-electron chi connectivity index (χ0n) is 10.7. The van der Waals surface area contributed by atoms with Crippen LogP contribution in [0.15, 0.2) is 0 Å². The summed E-state index contributed by atoms with van der Waals surface area (Å²) in [5, 5.41) is 0. The van der Waals surface area contributed by atoms with Crippen LogP contribution in [0.5, 0.6) is 0 Å². The lowest BCUT2D eigenvalue weighted by Gasteiger charge is -2.30. The van der Waals surface area contributed by atoms with Gasteiger partial charge in [-0.05, 0) is 44.6 Å². The summed E-state index contributed by atoms with van der Waals surface area (Å²) in [5.74, 6) is 1.74. The summed E-state index contributed by atoms with van der Waals surface area (Å²) in [7, 11) is 2.26. The summed E-state index contributed by atoms with van der Waals surface area (Å²) in [6, 6.07) is 0.487. The van der Waals surface area contributed by atoms with Crippen molar-refractivity contribution in [3.8, 4) is 0 Å². The molecule has 0 aromatic rings. The molecule has 0 aliphatic heterocycles. The SMILES string of the molecule is CCC(C)CN(C)CC1CCC(N)CC1. The largest absolute Gasteiger partial charge is 0.328 e. The molecule has 0 aromatic carbocycles. The fourth-order valence-corrected chi connectivity index (χ4v) is 2.55. The van der Waals surface area contributed by atoms with E-state index in [2.05, 4.69) is 25.8 Å². The summed E-state index contributed by atoms with van der Waals surface area (Å²) in [6.45, 7) is 7.14. The lowest BCUT2D eigenvalue weighted by Crippen LogP contribution is -2.34. The number of hydrogen-bond acceptors (Lipinski definition) is 2. The van der Waals surface area contributed by atoms with Crippen LogP contribution in [0.1, 0.15) is 46.0 Å². The van der Waals surface area contributed by atoms with E-state index in [1.165, 1.54) is 45.2 Å². The van der Waals surface area contributed by atoms with Gasteiger partial charge in [-0.2, -0.15) is 0 Å². The monoisotopic (exact) mass is 212 g/mol. The molecule has 0 heterocycles. The highest BCUT2D eigenvalue weighted by molar-refractivity contribution is 4.76. The first-order valence-electron chi connectivity index (χ1n) is 6.56. The topological polar surface area (TPSA) is 29.3 Å². The summed E-state index contributed by atoms with van der Waals surface area (Å²) in [6.07, 6.45) is 6.45. The Hall–Kier alpha value is -0.0800. The normalized spacial score (nSPS) is 29.4. The van der Waals surface area contributed by atoms with E-state index in [1.54, 1.807) is 0 Å². The van der Waals surface area contributed by atoms with E-state index in [-0.39, 0.29) is 0 Å². The molecule has 0 radical (unpaired) electrons. The third-order valence-electron chi connectivity index (χ3n) is 3.78. The van der Waals surface area contributed by atoms with Crippen molar-refractivity contribution >= 4 is 0 Å². The zero-order valence-corrected chi connectivity index (χ0v) is 10.7. The van der Waals surface area contributed by atoms with Gasteiger partial charge < -0.3 is 10.6 Å². The highest BCUT2D eigenvalue weighted by atomic mass is 15.1. The van der Waals surface area contributed by atoms with Gasteiger partial charge in [-0.15, -0.1) is 0 Å². The van der Waals surface area contributed by atoms with Crippen molar-refractivity contribution in [2.45, 2.75) is 52.0 Å². The molecule has 0 spiro atoms. The number of nitrogens with zero attached hydrogens (tertiary/aromatic N) is 1. The number of hydrogen-bond donors (Lipinski definition) is 1. The quantitative estimate of drug-likeness (QED) is 0.758. The van der Waals surface area contributed by atoms with Gasteiger partial charge in [-0.1, -0.05) is 20.3 Å². The van der Waals surface area contributed by atoms with Crippen LogP contribution in [-0.4, -0.2) is 31.1 Å². The molecule has 1 aliphatic rings. The fraction of sp³-hybridized carbons (Fsp3) is 1.00. The van der Waals surface area contributed by atoms with Gasteiger partial charge in [-0.3, -0.25) is 0 Å². The van der Waals surface area contributed by atoms with Crippen LogP contribution in [0.25, 0.3) is 0 Å². The molecule has 1 atom stereocenters. The second-order valence-corrected chi connectivity index (χ2v) is 5.52. The molecule has 2 N–H and O–H groups in total. The smallest absolute Gasteiger partial charge is 0.00390 e. The van der Waals surface area contributed by atoms with Gasteiger partial charge in [0.25, 0.3) is 0 Å². The molecule has 0 bridgehead atoms. The van der Waals surface area contributed by atoms with Crippen LogP contribution in [0.2, 0.25) is 0 Å². The first-order chi connectivity index (χ1) is 7.11. The van der Waals surface area contributed by atoms with Gasteiger partial charge in [-0.25, -0.2) is 0 Å². The predicted molar refractivity (Wildman–Crippen MR) is 66.9 cm³/mol. The van der Waals surface area contributed by atoms with Crippen molar-refractivity contribution in [3.05, 3.63) is 0 Å². The molecule has 15 heavy (non-hydrogen) atoms. The standard InChI is InChI=1S/C13H28N2/c1-4-11(2)9-15(3)10-12-5-7-13(14)8-6-12/h11-13H,4-10,14H2,1-3H3. The van der Waals surface area contributed by atoms with Crippen molar-refractivity contribution in [2.24, 2.45) is 17.6 Å². The highest BCUT2D eigenvalue weighted by Gasteiger charge is 2.19. The van der Waals surface area contributed by atoms with Gasteiger partial charge in [0.15, 0.2) is 0 Å². The summed E-state index contributed by atoms with van der Waals surface area (Å²) in [4.78, 5) is 2.51. The second kappa shape index (κ2) is 6.49. The van der Waals surface area contributed by atoms with Gasteiger partial charge in [0.1, 0.15) is 0 Å². The molecule has 90 valence electrons. The number of rotatable bonds is 5.